The summed E-state index contributed by atoms with van der Waals surface area (Å²) in [5.74, 6) is -1.39. The number of ether oxygens (including phenoxy) is 1. The molecule has 2 aromatic carbocycles. The normalized spacial score (nSPS) is 10.9. The Bertz CT molecular complexity index is 763. The lowest BCUT2D eigenvalue weighted by Gasteiger charge is -2.12. The fraction of sp³-hybridized carbons (Fsp3) is 0.0667. The third-order valence-corrected chi connectivity index (χ3v) is 2.77. The zero-order chi connectivity index (χ0) is 16.3. The predicted octanol–water partition coefficient (Wildman–Crippen LogP) is 4.08. The minimum Gasteiger partial charge on any atom is -0.405 e. The molecule has 0 fully saturated rings. The first-order valence-corrected chi connectivity index (χ1v) is 5.89. The average molecular weight is 309 g/mol. The van der Waals surface area contributed by atoms with Crippen molar-refractivity contribution in [1.82, 2.24) is 0 Å². The number of hydrogen-bond acceptors (Lipinski definition) is 3. The summed E-state index contributed by atoms with van der Waals surface area (Å²) in [7, 11) is 0. The van der Waals surface area contributed by atoms with Gasteiger partial charge in [0, 0.05) is 5.56 Å². The van der Waals surface area contributed by atoms with Crippen molar-refractivity contribution >= 4 is 6.29 Å². The smallest absolute Gasteiger partial charge is 0.405 e. The molecule has 0 amide bonds. The number of alkyl halides is 3. The standard InChI is InChI=1S/C15H7F4NO2/c16-13-5-9(7-20)1-3-12(13)10-2-4-14(11(6-10)8-21)22-15(17,18)19/h1-6,8H. The molecule has 0 spiro atoms. The Labute approximate surface area is 122 Å². The first-order valence-electron chi connectivity index (χ1n) is 5.89. The predicted molar refractivity (Wildman–Crippen MR) is 68.6 cm³/mol. The highest BCUT2D eigenvalue weighted by molar-refractivity contribution is 5.83. The molecular formula is C15H7F4NO2. The molecule has 0 heterocycles. The molecule has 0 radical (unpaired) electrons. The van der Waals surface area contributed by atoms with Gasteiger partial charge in [0.15, 0.2) is 6.29 Å². The van der Waals surface area contributed by atoms with Crippen molar-refractivity contribution in [2.75, 3.05) is 0 Å². The first-order chi connectivity index (χ1) is 10.3. The van der Waals surface area contributed by atoms with E-state index >= 15 is 0 Å². The first kappa shape index (κ1) is 15.5. The summed E-state index contributed by atoms with van der Waals surface area (Å²) in [6.45, 7) is 0. The fourth-order valence-electron chi connectivity index (χ4n) is 1.84. The van der Waals surface area contributed by atoms with Gasteiger partial charge in [-0.1, -0.05) is 12.1 Å². The van der Waals surface area contributed by atoms with Crippen molar-refractivity contribution in [3.05, 3.63) is 53.3 Å². The Morgan fingerprint density at radius 2 is 1.86 bits per heavy atom. The third-order valence-electron chi connectivity index (χ3n) is 2.77. The van der Waals surface area contributed by atoms with Crippen molar-refractivity contribution < 1.29 is 27.1 Å². The van der Waals surface area contributed by atoms with E-state index in [1.807, 2.05) is 0 Å². The van der Waals surface area contributed by atoms with Crippen molar-refractivity contribution in [2.24, 2.45) is 0 Å². The van der Waals surface area contributed by atoms with E-state index in [-0.39, 0.29) is 28.5 Å². The summed E-state index contributed by atoms with van der Waals surface area (Å²) in [6.07, 6.45) is -4.74. The Hall–Kier alpha value is -2.88. The van der Waals surface area contributed by atoms with E-state index in [0.717, 1.165) is 18.2 Å². The number of hydrogen-bond donors (Lipinski definition) is 0. The van der Waals surface area contributed by atoms with Crippen LogP contribution >= 0.6 is 0 Å². The van der Waals surface area contributed by atoms with Gasteiger partial charge in [-0.3, -0.25) is 4.79 Å². The highest BCUT2D eigenvalue weighted by Gasteiger charge is 2.32. The van der Waals surface area contributed by atoms with Crippen molar-refractivity contribution in [1.29, 1.82) is 5.26 Å². The molecule has 22 heavy (non-hydrogen) atoms. The number of carbonyl (C=O) groups excluding carboxylic acids is 1. The van der Waals surface area contributed by atoms with E-state index in [1.54, 1.807) is 6.07 Å². The minimum atomic E-state index is -4.93. The number of nitrogens with zero attached hydrogens (tertiary/aromatic N) is 1. The lowest BCUT2D eigenvalue weighted by molar-refractivity contribution is -0.274. The second-order valence-corrected chi connectivity index (χ2v) is 4.22. The van der Waals surface area contributed by atoms with Crippen LogP contribution < -0.4 is 4.74 Å². The monoisotopic (exact) mass is 309 g/mol. The Morgan fingerprint density at radius 3 is 2.41 bits per heavy atom. The Morgan fingerprint density at radius 1 is 1.14 bits per heavy atom. The molecule has 2 aromatic rings. The summed E-state index contributed by atoms with van der Waals surface area (Å²) in [6, 6.07) is 8.64. The van der Waals surface area contributed by atoms with Crippen LogP contribution in [0.1, 0.15) is 15.9 Å². The molecular weight excluding hydrogens is 302 g/mol. The topological polar surface area (TPSA) is 50.1 Å². The van der Waals surface area contributed by atoms with E-state index in [1.165, 1.54) is 18.2 Å². The fourth-order valence-corrected chi connectivity index (χ4v) is 1.84. The SMILES string of the molecule is N#Cc1ccc(-c2ccc(OC(F)(F)F)c(C=O)c2)c(F)c1. The third kappa shape index (κ3) is 3.41. The molecule has 3 nitrogen and oxygen atoms in total. The van der Waals surface area contributed by atoms with Crippen LogP contribution in [0.2, 0.25) is 0 Å². The van der Waals surface area contributed by atoms with Crippen molar-refractivity contribution in [3.8, 4) is 22.9 Å². The summed E-state index contributed by atoms with van der Waals surface area (Å²) in [4.78, 5) is 10.9. The van der Waals surface area contributed by atoms with Gasteiger partial charge in [0.25, 0.3) is 0 Å². The van der Waals surface area contributed by atoms with Crippen LogP contribution in [0.15, 0.2) is 36.4 Å². The van der Waals surface area contributed by atoms with Crippen molar-refractivity contribution in [2.45, 2.75) is 6.36 Å². The van der Waals surface area contributed by atoms with Gasteiger partial charge >= 0.3 is 6.36 Å². The van der Waals surface area contributed by atoms with Crippen LogP contribution in [0.25, 0.3) is 11.1 Å². The minimum absolute atomic E-state index is 0.0562. The van der Waals surface area contributed by atoms with Crippen LogP contribution in [0.3, 0.4) is 0 Å². The van der Waals surface area contributed by atoms with Gasteiger partial charge in [-0.05, 0) is 29.8 Å². The van der Waals surface area contributed by atoms with Crippen LogP contribution in [0, 0.1) is 17.1 Å². The molecule has 0 unspecified atom stereocenters. The molecule has 0 aromatic heterocycles. The van der Waals surface area contributed by atoms with E-state index in [2.05, 4.69) is 4.74 Å². The maximum absolute atomic E-state index is 13.9. The van der Waals surface area contributed by atoms with Gasteiger partial charge in [0.05, 0.1) is 17.2 Å². The second-order valence-electron chi connectivity index (χ2n) is 4.22. The highest BCUT2D eigenvalue weighted by Crippen LogP contribution is 2.31. The molecule has 0 bridgehead atoms. The summed E-state index contributed by atoms with van der Waals surface area (Å²) < 4.78 is 54.2. The molecule has 0 saturated heterocycles. The maximum Gasteiger partial charge on any atom is 0.573 e. The molecule has 112 valence electrons. The van der Waals surface area contributed by atoms with Gasteiger partial charge in [-0.25, -0.2) is 4.39 Å². The van der Waals surface area contributed by atoms with E-state index < -0.39 is 17.9 Å². The van der Waals surface area contributed by atoms with Gasteiger partial charge in [0.2, 0.25) is 0 Å². The quantitative estimate of drug-likeness (QED) is 0.634. The molecule has 0 saturated carbocycles. The lowest BCUT2D eigenvalue weighted by atomic mass is 10.0. The van der Waals surface area contributed by atoms with E-state index in [0.29, 0.717) is 0 Å². The van der Waals surface area contributed by atoms with Crippen LogP contribution in [-0.4, -0.2) is 12.6 Å². The average Bonchev–Trinajstić information content (AvgIpc) is 2.46. The van der Waals surface area contributed by atoms with Gasteiger partial charge in [-0.15, -0.1) is 13.2 Å². The zero-order valence-electron chi connectivity index (χ0n) is 10.8. The number of nitriles is 1. The molecule has 0 aliphatic heterocycles. The number of carbonyl (C=O) groups is 1. The zero-order valence-corrected chi connectivity index (χ0v) is 10.8. The number of aldehydes is 1. The number of benzene rings is 2. The second kappa shape index (κ2) is 5.85. The van der Waals surface area contributed by atoms with E-state index in [9.17, 15) is 22.4 Å². The van der Waals surface area contributed by atoms with Crippen molar-refractivity contribution in [3.63, 3.8) is 0 Å². The van der Waals surface area contributed by atoms with Gasteiger partial charge < -0.3 is 4.74 Å². The Balaban J connectivity index is 2.46. The molecule has 2 rings (SSSR count). The number of halogens is 4. The summed E-state index contributed by atoms with van der Waals surface area (Å²) >= 11 is 0. The maximum atomic E-state index is 13.9. The molecule has 0 aliphatic carbocycles. The van der Waals surface area contributed by atoms with E-state index in [4.69, 9.17) is 5.26 Å². The molecule has 7 heteroatoms. The lowest BCUT2D eigenvalue weighted by Crippen LogP contribution is -2.18. The largest absolute Gasteiger partial charge is 0.573 e. The summed E-state index contributed by atoms with van der Waals surface area (Å²) in [5, 5.41) is 8.66. The highest BCUT2D eigenvalue weighted by atomic mass is 19.4. The Kier molecular flexibility index (Phi) is 4.13. The van der Waals surface area contributed by atoms with Crippen LogP contribution in [-0.2, 0) is 0 Å². The van der Waals surface area contributed by atoms with Crippen LogP contribution in [0.5, 0.6) is 5.75 Å². The molecule has 0 N–H and O–H groups in total. The molecule has 0 atom stereocenters. The van der Waals surface area contributed by atoms with Gasteiger partial charge in [0.1, 0.15) is 11.6 Å². The molecule has 0 aliphatic rings. The van der Waals surface area contributed by atoms with Gasteiger partial charge in [-0.2, -0.15) is 5.26 Å². The van der Waals surface area contributed by atoms with Crippen LogP contribution in [0.4, 0.5) is 17.6 Å². The summed E-state index contributed by atoms with van der Waals surface area (Å²) in [5.41, 5.74) is -0.00764. The number of rotatable bonds is 3.